The van der Waals surface area contributed by atoms with Crippen LogP contribution in [0.25, 0.3) is 0 Å². The van der Waals surface area contributed by atoms with E-state index in [0.717, 1.165) is 17.2 Å². The first-order valence-corrected chi connectivity index (χ1v) is 5.98. The molecule has 0 rings (SSSR count). The smallest absolute Gasteiger partial charge is 0.00743 e. The van der Waals surface area contributed by atoms with Crippen LogP contribution in [0.5, 0.6) is 0 Å². The molecule has 2 heteroatoms. The van der Waals surface area contributed by atoms with Crippen molar-refractivity contribution >= 4 is 15.9 Å². The lowest BCUT2D eigenvalue weighted by molar-refractivity contribution is 0.254. The standard InChI is InChI=1S/C10H22BrN/c1-5-6-12(4)8-10(7-11)9(2)3/h9-10H,5-8H2,1-4H3. The molecule has 0 aromatic heterocycles. The Hall–Kier alpha value is 0.440. The van der Waals surface area contributed by atoms with Crippen molar-refractivity contribution < 1.29 is 0 Å². The number of nitrogens with zero attached hydrogens (tertiary/aromatic N) is 1. The maximum absolute atomic E-state index is 3.57. The number of halogens is 1. The molecular weight excluding hydrogens is 214 g/mol. The van der Waals surface area contributed by atoms with Crippen LogP contribution in [0.15, 0.2) is 0 Å². The quantitative estimate of drug-likeness (QED) is 0.641. The maximum atomic E-state index is 3.57. The Bertz CT molecular complexity index is 104. The van der Waals surface area contributed by atoms with Crippen LogP contribution in [0.4, 0.5) is 0 Å². The SMILES string of the molecule is CCCN(C)CC(CBr)C(C)C. The van der Waals surface area contributed by atoms with Gasteiger partial charge in [-0.2, -0.15) is 0 Å². The molecule has 74 valence electrons. The van der Waals surface area contributed by atoms with Crippen molar-refractivity contribution in [3.63, 3.8) is 0 Å². The Morgan fingerprint density at radius 1 is 1.33 bits per heavy atom. The zero-order chi connectivity index (χ0) is 9.56. The van der Waals surface area contributed by atoms with Gasteiger partial charge in [0.05, 0.1) is 0 Å². The van der Waals surface area contributed by atoms with Crippen molar-refractivity contribution in [1.29, 1.82) is 0 Å². The predicted octanol–water partition coefficient (Wildman–Crippen LogP) is 3.00. The summed E-state index contributed by atoms with van der Waals surface area (Å²) in [6, 6.07) is 0. The van der Waals surface area contributed by atoms with Crippen LogP contribution in [-0.4, -0.2) is 30.4 Å². The third-order valence-corrected chi connectivity index (χ3v) is 3.12. The van der Waals surface area contributed by atoms with Gasteiger partial charge in [-0.25, -0.2) is 0 Å². The highest BCUT2D eigenvalue weighted by Gasteiger charge is 2.13. The van der Waals surface area contributed by atoms with E-state index in [4.69, 9.17) is 0 Å². The third kappa shape index (κ3) is 5.15. The summed E-state index contributed by atoms with van der Waals surface area (Å²) >= 11 is 3.57. The van der Waals surface area contributed by atoms with Crippen LogP contribution in [0, 0.1) is 11.8 Å². The summed E-state index contributed by atoms with van der Waals surface area (Å²) in [6.07, 6.45) is 1.25. The molecule has 0 fully saturated rings. The van der Waals surface area contributed by atoms with E-state index >= 15 is 0 Å². The van der Waals surface area contributed by atoms with Crippen molar-refractivity contribution in [2.24, 2.45) is 11.8 Å². The van der Waals surface area contributed by atoms with Crippen molar-refractivity contribution in [3.8, 4) is 0 Å². The molecule has 0 saturated heterocycles. The average Bonchev–Trinajstić information content (AvgIpc) is 2.00. The largest absolute Gasteiger partial charge is 0.306 e. The van der Waals surface area contributed by atoms with Gasteiger partial charge in [0.25, 0.3) is 0 Å². The fourth-order valence-electron chi connectivity index (χ4n) is 1.31. The average molecular weight is 236 g/mol. The van der Waals surface area contributed by atoms with Gasteiger partial charge in [-0.15, -0.1) is 0 Å². The fraction of sp³-hybridized carbons (Fsp3) is 1.00. The van der Waals surface area contributed by atoms with Gasteiger partial charge in [-0.3, -0.25) is 0 Å². The van der Waals surface area contributed by atoms with Gasteiger partial charge >= 0.3 is 0 Å². The van der Waals surface area contributed by atoms with Gasteiger partial charge in [-0.05, 0) is 31.8 Å². The van der Waals surface area contributed by atoms with Gasteiger partial charge in [0.2, 0.25) is 0 Å². The highest BCUT2D eigenvalue weighted by molar-refractivity contribution is 9.09. The van der Waals surface area contributed by atoms with Crippen molar-refractivity contribution in [3.05, 3.63) is 0 Å². The van der Waals surface area contributed by atoms with Gasteiger partial charge in [0.1, 0.15) is 0 Å². The minimum absolute atomic E-state index is 0.781. The lowest BCUT2D eigenvalue weighted by Crippen LogP contribution is -2.29. The molecule has 0 radical (unpaired) electrons. The summed E-state index contributed by atoms with van der Waals surface area (Å²) in [4.78, 5) is 2.42. The molecule has 0 N–H and O–H groups in total. The molecule has 0 saturated carbocycles. The Labute approximate surface area is 85.7 Å². The zero-order valence-electron chi connectivity index (χ0n) is 8.81. The van der Waals surface area contributed by atoms with Crippen molar-refractivity contribution in [2.75, 3.05) is 25.5 Å². The normalized spacial score (nSPS) is 14.2. The molecule has 0 aromatic carbocycles. The van der Waals surface area contributed by atoms with Crippen LogP contribution in [-0.2, 0) is 0 Å². The number of hydrogen-bond donors (Lipinski definition) is 0. The summed E-state index contributed by atoms with van der Waals surface area (Å²) < 4.78 is 0. The Morgan fingerprint density at radius 3 is 2.25 bits per heavy atom. The zero-order valence-corrected chi connectivity index (χ0v) is 10.4. The Kier molecular flexibility index (Phi) is 7.16. The van der Waals surface area contributed by atoms with Crippen molar-refractivity contribution in [2.45, 2.75) is 27.2 Å². The third-order valence-electron chi connectivity index (χ3n) is 2.29. The molecule has 1 unspecified atom stereocenters. The highest BCUT2D eigenvalue weighted by Crippen LogP contribution is 2.14. The minimum atomic E-state index is 0.781. The minimum Gasteiger partial charge on any atom is -0.306 e. The molecular formula is C10H22BrN. The fourth-order valence-corrected chi connectivity index (χ4v) is 2.26. The lowest BCUT2D eigenvalue weighted by Gasteiger charge is -2.24. The molecule has 1 nitrogen and oxygen atoms in total. The van der Waals surface area contributed by atoms with Gasteiger partial charge in [0.15, 0.2) is 0 Å². The first-order valence-electron chi connectivity index (χ1n) is 4.86. The highest BCUT2D eigenvalue weighted by atomic mass is 79.9. The van der Waals surface area contributed by atoms with Crippen LogP contribution < -0.4 is 0 Å². The molecule has 12 heavy (non-hydrogen) atoms. The number of hydrogen-bond acceptors (Lipinski definition) is 1. The second-order valence-electron chi connectivity index (χ2n) is 3.92. The molecule has 0 bridgehead atoms. The van der Waals surface area contributed by atoms with Crippen LogP contribution in [0.3, 0.4) is 0 Å². The monoisotopic (exact) mass is 235 g/mol. The Balaban J connectivity index is 3.69. The molecule has 0 heterocycles. The molecule has 0 amide bonds. The van der Waals surface area contributed by atoms with E-state index < -0.39 is 0 Å². The van der Waals surface area contributed by atoms with Gasteiger partial charge in [0, 0.05) is 11.9 Å². The summed E-state index contributed by atoms with van der Waals surface area (Å²) in [5, 5.41) is 1.12. The van der Waals surface area contributed by atoms with E-state index in [0.29, 0.717) is 0 Å². The van der Waals surface area contributed by atoms with Gasteiger partial charge in [-0.1, -0.05) is 36.7 Å². The number of rotatable bonds is 6. The van der Waals surface area contributed by atoms with Crippen LogP contribution >= 0.6 is 15.9 Å². The summed E-state index contributed by atoms with van der Waals surface area (Å²) in [5.41, 5.74) is 0. The summed E-state index contributed by atoms with van der Waals surface area (Å²) in [5.74, 6) is 1.57. The van der Waals surface area contributed by atoms with E-state index in [2.05, 4.69) is 48.6 Å². The van der Waals surface area contributed by atoms with E-state index in [1.54, 1.807) is 0 Å². The first kappa shape index (κ1) is 12.4. The van der Waals surface area contributed by atoms with Crippen LogP contribution in [0.2, 0.25) is 0 Å². The lowest BCUT2D eigenvalue weighted by atomic mass is 9.98. The maximum Gasteiger partial charge on any atom is 0.00743 e. The van der Waals surface area contributed by atoms with Crippen LogP contribution in [0.1, 0.15) is 27.2 Å². The first-order chi connectivity index (χ1) is 5.61. The molecule has 0 aliphatic heterocycles. The number of alkyl halides is 1. The Morgan fingerprint density at radius 2 is 1.92 bits per heavy atom. The molecule has 0 aromatic rings. The van der Waals surface area contributed by atoms with E-state index in [9.17, 15) is 0 Å². The molecule has 0 aliphatic carbocycles. The topological polar surface area (TPSA) is 3.24 Å². The van der Waals surface area contributed by atoms with Gasteiger partial charge < -0.3 is 4.90 Å². The second-order valence-corrected chi connectivity index (χ2v) is 4.57. The predicted molar refractivity (Wildman–Crippen MR) is 59.9 cm³/mol. The molecule has 0 spiro atoms. The van der Waals surface area contributed by atoms with E-state index in [1.165, 1.54) is 19.5 Å². The molecule has 1 atom stereocenters. The van der Waals surface area contributed by atoms with E-state index in [-0.39, 0.29) is 0 Å². The van der Waals surface area contributed by atoms with E-state index in [1.807, 2.05) is 0 Å². The summed E-state index contributed by atoms with van der Waals surface area (Å²) in [6.45, 7) is 9.26. The van der Waals surface area contributed by atoms with Crippen molar-refractivity contribution in [1.82, 2.24) is 4.90 Å². The second kappa shape index (κ2) is 6.90. The molecule has 0 aliphatic rings. The summed E-state index contributed by atoms with van der Waals surface area (Å²) in [7, 11) is 2.21.